The SMILES string of the molecule is CCOC(=O)c1nc(C(F)F)c(CCl)cc1C#N. The molecule has 0 aliphatic rings. The van der Waals surface area contributed by atoms with E-state index in [0.717, 1.165) is 6.07 Å². The summed E-state index contributed by atoms with van der Waals surface area (Å²) in [5.74, 6) is -1.12. The first-order valence-electron chi connectivity index (χ1n) is 5.00. The number of hydrogen-bond donors (Lipinski definition) is 0. The number of ether oxygens (including phenoxy) is 1. The molecular formula is C11H9ClF2N2O2. The average molecular weight is 275 g/mol. The third-order valence-corrected chi connectivity index (χ3v) is 2.36. The zero-order valence-electron chi connectivity index (χ0n) is 9.41. The number of alkyl halides is 3. The third-order valence-electron chi connectivity index (χ3n) is 2.07. The Balaban J connectivity index is 3.37. The smallest absolute Gasteiger partial charge is 0.358 e. The quantitative estimate of drug-likeness (QED) is 0.625. The lowest BCUT2D eigenvalue weighted by molar-refractivity contribution is 0.0517. The molecule has 0 saturated heterocycles. The number of pyridine rings is 1. The summed E-state index contributed by atoms with van der Waals surface area (Å²) in [6, 6.07) is 2.84. The lowest BCUT2D eigenvalue weighted by Crippen LogP contribution is -2.13. The van der Waals surface area contributed by atoms with Crippen molar-refractivity contribution in [2.24, 2.45) is 0 Å². The van der Waals surface area contributed by atoms with Gasteiger partial charge in [0.2, 0.25) is 0 Å². The Bertz CT molecular complexity index is 501. The van der Waals surface area contributed by atoms with Crippen molar-refractivity contribution in [2.45, 2.75) is 19.2 Å². The molecule has 1 heterocycles. The van der Waals surface area contributed by atoms with Gasteiger partial charge in [0.1, 0.15) is 11.8 Å². The maximum absolute atomic E-state index is 12.7. The van der Waals surface area contributed by atoms with E-state index in [1.807, 2.05) is 0 Å². The number of carbonyl (C=O) groups excluding carboxylic acids is 1. The Kier molecular flexibility index (Phi) is 4.98. The first-order chi connectivity index (χ1) is 8.54. The lowest BCUT2D eigenvalue weighted by Gasteiger charge is -2.09. The number of nitrogens with zero attached hydrogens (tertiary/aromatic N) is 2. The average Bonchev–Trinajstić information content (AvgIpc) is 2.37. The Morgan fingerprint density at radius 2 is 2.33 bits per heavy atom. The van der Waals surface area contributed by atoms with Gasteiger partial charge >= 0.3 is 5.97 Å². The highest BCUT2D eigenvalue weighted by Gasteiger charge is 2.22. The summed E-state index contributed by atoms with van der Waals surface area (Å²) in [5.41, 5.74) is -1.12. The van der Waals surface area contributed by atoms with E-state index in [0.29, 0.717) is 0 Å². The van der Waals surface area contributed by atoms with E-state index in [1.54, 1.807) is 13.0 Å². The van der Waals surface area contributed by atoms with Crippen molar-refractivity contribution in [3.8, 4) is 6.07 Å². The number of halogens is 3. The van der Waals surface area contributed by atoms with E-state index in [2.05, 4.69) is 9.72 Å². The van der Waals surface area contributed by atoms with E-state index >= 15 is 0 Å². The van der Waals surface area contributed by atoms with Crippen molar-refractivity contribution in [1.29, 1.82) is 5.26 Å². The van der Waals surface area contributed by atoms with Crippen molar-refractivity contribution in [2.75, 3.05) is 6.61 Å². The van der Waals surface area contributed by atoms with Crippen molar-refractivity contribution < 1.29 is 18.3 Å². The van der Waals surface area contributed by atoms with Crippen molar-refractivity contribution in [3.05, 3.63) is 28.6 Å². The monoisotopic (exact) mass is 274 g/mol. The van der Waals surface area contributed by atoms with Crippen LogP contribution in [0.5, 0.6) is 0 Å². The molecule has 0 radical (unpaired) electrons. The highest BCUT2D eigenvalue weighted by Crippen LogP contribution is 2.24. The van der Waals surface area contributed by atoms with Gasteiger partial charge in [0.25, 0.3) is 6.43 Å². The van der Waals surface area contributed by atoms with E-state index in [4.69, 9.17) is 16.9 Å². The number of aromatic nitrogens is 1. The molecule has 4 nitrogen and oxygen atoms in total. The minimum Gasteiger partial charge on any atom is -0.461 e. The highest BCUT2D eigenvalue weighted by molar-refractivity contribution is 6.17. The van der Waals surface area contributed by atoms with Crippen LogP contribution in [0.3, 0.4) is 0 Å². The van der Waals surface area contributed by atoms with Gasteiger partial charge in [0, 0.05) is 5.88 Å². The summed E-state index contributed by atoms with van der Waals surface area (Å²) in [7, 11) is 0. The molecule has 0 spiro atoms. The van der Waals surface area contributed by atoms with Crippen molar-refractivity contribution in [1.82, 2.24) is 4.98 Å². The minimum absolute atomic E-state index is 0.0243. The van der Waals surface area contributed by atoms with E-state index in [-0.39, 0.29) is 23.6 Å². The molecular weight excluding hydrogens is 266 g/mol. The van der Waals surface area contributed by atoms with Crippen LogP contribution in [0.1, 0.15) is 40.7 Å². The van der Waals surface area contributed by atoms with Crippen molar-refractivity contribution >= 4 is 17.6 Å². The Labute approximate surface area is 107 Å². The van der Waals surface area contributed by atoms with Gasteiger partial charge in [-0.25, -0.2) is 18.6 Å². The molecule has 1 rings (SSSR count). The summed E-state index contributed by atoms with van der Waals surface area (Å²) in [4.78, 5) is 15.0. The molecule has 0 amide bonds. The summed E-state index contributed by atoms with van der Waals surface area (Å²) in [5, 5.41) is 8.86. The van der Waals surface area contributed by atoms with Crippen LogP contribution in [0.4, 0.5) is 8.78 Å². The summed E-state index contributed by atoms with van der Waals surface area (Å²) < 4.78 is 30.1. The minimum atomic E-state index is -2.88. The maximum Gasteiger partial charge on any atom is 0.358 e. The molecule has 0 unspecified atom stereocenters. The zero-order valence-corrected chi connectivity index (χ0v) is 10.2. The van der Waals surface area contributed by atoms with Gasteiger partial charge in [-0.3, -0.25) is 0 Å². The van der Waals surface area contributed by atoms with Gasteiger partial charge in [-0.05, 0) is 18.6 Å². The Morgan fingerprint density at radius 1 is 1.67 bits per heavy atom. The predicted octanol–water partition coefficient (Wildman–Crippen LogP) is 2.81. The molecule has 1 aromatic heterocycles. The molecule has 0 saturated carbocycles. The van der Waals surface area contributed by atoms with Crippen LogP contribution >= 0.6 is 11.6 Å². The number of nitriles is 1. The number of carbonyl (C=O) groups is 1. The van der Waals surface area contributed by atoms with Crippen LogP contribution in [0.2, 0.25) is 0 Å². The number of hydrogen-bond acceptors (Lipinski definition) is 4. The molecule has 18 heavy (non-hydrogen) atoms. The molecule has 0 aliphatic heterocycles. The molecule has 0 aromatic carbocycles. The fraction of sp³-hybridized carbons (Fsp3) is 0.364. The summed E-state index contributed by atoms with van der Waals surface area (Å²) in [6.07, 6.45) is -2.88. The third kappa shape index (κ3) is 2.93. The molecule has 7 heteroatoms. The second-order valence-electron chi connectivity index (χ2n) is 3.20. The highest BCUT2D eigenvalue weighted by atomic mass is 35.5. The maximum atomic E-state index is 12.7. The topological polar surface area (TPSA) is 63.0 Å². The van der Waals surface area contributed by atoms with Gasteiger partial charge in [-0.15, -0.1) is 11.6 Å². The zero-order chi connectivity index (χ0) is 13.7. The molecule has 1 aromatic rings. The summed E-state index contributed by atoms with van der Waals surface area (Å²) >= 11 is 5.50. The van der Waals surface area contributed by atoms with Crippen LogP contribution in [0, 0.1) is 11.3 Å². The van der Waals surface area contributed by atoms with Gasteiger partial charge in [0.15, 0.2) is 5.69 Å². The van der Waals surface area contributed by atoms with Gasteiger partial charge < -0.3 is 4.74 Å². The Morgan fingerprint density at radius 3 is 2.78 bits per heavy atom. The number of esters is 1. The largest absolute Gasteiger partial charge is 0.461 e. The van der Waals surface area contributed by atoms with Crippen LogP contribution < -0.4 is 0 Å². The fourth-order valence-corrected chi connectivity index (χ4v) is 1.52. The van der Waals surface area contributed by atoms with Gasteiger partial charge in [0.05, 0.1) is 12.2 Å². The molecule has 0 atom stereocenters. The van der Waals surface area contributed by atoms with Crippen LogP contribution in [0.25, 0.3) is 0 Å². The van der Waals surface area contributed by atoms with Gasteiger partial charge in [-0.2, -0.15) is 5.26 Å². The van der Waals surface area contributed by atoms with Crippen molar-refractivity contribution in [3.63, 3.8) is 0 Å². The second-order valence-corrected chi connectivity index (χ2v) is 3.46. The van der Waals surface area contributed by atoms with E-state index in [9.17, 15) is 13.6 Å². The fourth-order valence-electron chi connectivity index (χ4n) is 1.31. The van der Waals surface area contributed by atoms with E-state index in [1.165, 1.54) is 0 Å². The molecule has 0 aliphatic carbocycles. The van der Waals surface area contributed by atoms with E-state index < -0.39 is 23.8 Å². The normalized spacial score (nSPS) is 10.2. The molecule has 0 fully saturated rings. The molecule has 96 valence electrons. The molecule has 0 bridgehead atoms. The number of rotatable bonds is 4. The van der Waals surface area contributed by atoms with Crippen LogP contribution in [-0.2, 0) is 10.6 Å². The van der Waals surface area contributed by atoms with Crippen LogP contribution in [-0.4, -0.2) is 17.6 Å². The summed E-state index contributed by atoms with van der Waals surface area (Å²) in [6.45, 7) is 1.62. The Hall–Kier alpha value is -1.74. The first-order valence-corrected chi connectivity index (χ1v) is 5.53. The predicted molar refractivity (Wildman–Crippen MR) is 59.4 cm³/mol. The second kappa shape index (κ2) is 6.26. The first kappa shape index (κ1) is 14.3. The van der Waals surface area contributed by atoms with Crippen LogP contribution in [0.15, 0.2) is 6.07 Å². The lowest BCUT2D eigenvalue weighted by atomic mass is 10.1. The van der Waals surface area contributed by atoms with Gasteiger partial charge in [-0.1, -0.05) is 0 Å². The standard InChI is InChI=1S/C11H9ClF2N2O2/c1-2-18-11(17)9-7(5-15)3-6(4-12)8(16-9)10(13)14/h3,10H,2,4H2,1H3. The molecule has 0 N–H and O–H groups in total.